The fourth-order valence-electron chi connectivity index (χ4n) is 1.82. The number of rotatable bonds is 5. The molecule has 1 N–H and O–H groups in total. The number of carbonyl (C=O) groups excluding carboxylic acids is 2. The van der Waals surface area contributed by atoms with E-state index in [4.69, 9.17) is 4.74 Å². The van der Waals surface area contributed by atoms with Crippen molar-refractivity contribution in [1.29, 1.82) is 0 Å². The van der Waals surface area contributed by atoms with E-state index in [-0.39, 0.29) is 12.3 Å². The number of nitrogens with one attached hydrogen (secondary N) is 1. The Kier molecular flexibility index (Phi) is 4.94. The van der Waals surface area contributed by atoms with Crippen molar-refractivity contribution in [3.8, 4) is 5.75 Å². The molecule has 2 rings (SSSR count). The van der Waals surface area contributed by atoms with Crippen molar-refractivity contribution in [3.63, 3.8) is 0 Å². The highest BCUT2D eigenvalue weighted by atomic mass is 32.1. The maximum absolute atomic E-state index is 12.0. The van der Waals surface area contributed by atoms with Gasteiger partial charge in [-0.15, -0.1) is 11.3 Å². The predicted molar refractivity (Wildman–Crippen MR) is 81.0 cm³/mol. The van der Waals surface area contributed by atoms with Crippen LogP contribution in [0, 0.1) is 0 Å². The molecule has 5 nitrogen and oxygen atoms in total. The standard InChI is InChI=1S/C15H15NO4S/c1-19-13-6-5-10(15(18)20-2)8-12(13)16-14(17)9-11-4-3-7-21-11/h3-8H,9H2,1-2H3,(H,16,17). The third-order valence-corrected chi connectivity index (χ3v) is 3.69. The van der Waals surface area contributed by atoms with Gasteiger partial charge in [0, 0.05) is 4.88 Å². The van der Waals surface area contributed by atoms with E-state index in [0.29, 0.717) is 17.0 Å². The lowest BCUT2D eigenvalue weighted by Gasteiger charge is -2.11. The molecule has 1 heterocycles. The van der Waals surface area contributed by atoms with Crippen LogP contribution in [0.5, 0.6) is 5.75 Å². The number of thiophene rings is 1. The highest BCUT2D eigenvalue weighted by Gasteiger charge is 2.13. The number of carbonyl (C=O) groups is 2. The van der Waals surface area contributed by atoms with Crippen molar-refractivity contribution in [2.75, 3.05) is 19.5 Å². The number of hydrogen-bond acceptors (Lipinski definition) is 5. The third-order valence-electron chi connectivity index (χ3n) is 2.81. The molecule has 0 aliphatic heterocycles. The molecule has 0 unspecified atom stereocenters. The lowest BCUT2D eigenvalue weighted by molar-refractivity contribution is -0.115. The number of methoxy groups -OCH3 is 2. The van der Waals surface area contributed by atoms with Gasteiger partial charge in [0.2, 0.25) is 5.91 Å². The van der Waals surface area contributed by atoms with Gasteiger partial charge in [0.1, 0.15) is 5.75 Å². The molecule has 0 saturated heterocycles. The summed E-state index contributed by atoms with van der Waals surface area (Å²) in [7, 11) is 2.81. The van der Waals surface area contributed by atoms with Crippen molar-refractivity contribution >= 4 is 28.9 Å². The molecule has 0 bridgehead atoms. The summed E-state index contributed by atoms with van der Waals surface area (Å²) in [6, 6.07) is 8.53. The first-order valence-corrected chi connectivity index (χ1v) is 7.10. The van der Waals surface area contributed by atoms with Gasteiger partial charge in [0.15, 0.2) is 0 Å². The van der Waals surface area contributed by atoms with E-state index in [1.807, 2.05) is 17.5 Å². The summed E-state index contributed by atoms with van der Waals surface area (Å²) in [4.78, 5) is 24.5. The Morgan fingerprint density at radius 2 is 2.05 bits per heavy atom. The molecule has 1 aromatic heterocycles. The second-order valence-electron chi connectivity index (χ2n) is 4.21. The van der Waals surface area contributed by atoms with Crippen LogP contribution in [0.15, 0.2) is 35.7 Å². The zero-order valence-corrected chi connectivity index (χ0v) is 12.5. The second kappa shape index (κ2) is 6.90. The SMILES string of the molecule is COC(=O)c1ccc(OC)c(NC(=O)Cc2cccs2)c1. The Balaban J connectivity index is 2.16. The Morgan fingerprint density at radius 3 is 2.67 bits per heavy atom. The van der Waals surface area contributed by atoms with Crippen molar-refractivity contribution in [2.24, 2.45) is 0 Å². The van der Waals surface area contributed by atoms with E-state index in [1.165, 1.54) is 31.6 Å². The van der Waals surface area contributed by atoms with Crippen LogP contribution in [-0.2, 0) is 16.0 Å². The summed E-state index contributed by atoms with van der Waals surface area (Å²) in [6.07, 6.45) is 0.281. The van der Waals surface area contributed by atoms with Crippen LogP contribution < -0.4 is 10.1 Å². The Labute approximate surface area is 126 Å². The first kappa shape index (κ1) is 15.1. The molecule has 0 radical (unpaired) electrons. The average molecular weight is 305 g/mol. The van der Waals surface area contributed by atoms with E-state index in [2.05, 4.69) is 10.1 Å². The van der Waals surface area contributed by atoms with Crippen molar-refractivity contribution in [3.05, 3.63) is 46.2 Å². The summed E-state index contributed by atoms with van der Waals surface area (Å²) in [6.45, 7) is 0. The van der Waals surface area contributed by atoms with Crippen LogP contribution in [-0.4, -0.2) is 26.1 Å². The lowest BCUT2D eigenvalue weighted by Crippen LogP contribution is -2.15. The second-order valence-corrected chi connectivity index (χ2v) is 5.24. The fraction of sp³-hybridized carbons (Fsp3) is 0.200. The highest BCUT2D eigenvalue weighted by Crippen LogP contribution is 2.26. The van der Waals surface area contributed by atoms with Gasteiger partial charge in [-0.25, -0.2) is 4.79 Å². The molecule has 0 spiro atoms. The Bertz CT molecular complexity index is 637. The largest absolute Gasteiger partial charge is 0.495 e. The van der Waals surface area contributed by atoms with Gasteiger partial charge in [-0.2, -0.15) is 0 Å². The number of ether oxygens (including phenoxy) is 2. The number of anilines is 1. The molecule has 0 fully saturated rings. The minimum Gasteiger partial charge on any atom is -0.495 e. The number of hydrogen-bond donors (Lipinski definition) is 1. The molecule has 0 atom stereocenters. The van der Waals surface area contributed by atoms with E-state index < -0.39 is 5.97 Å². The van der Waals surface area contributed by atoms with Gasteiger partial charge < -0.3 is 14.8 Å². The molecular weight excluding hydrogens is 290 g/mol. The Morgan fingerprint density at radius 1 is 1.24 bits per heavy atom. The quantitative estimate of drug-likeness (QED) is 0.863. The van der Waals surface area contributed by atoms with E-state index >= 15 is 0 Å². The molecule has 1 aromatic carbocycles. The van der Waals surface area contributed by atoms with Crippen LogP contribution in [0.1, 0.15) is 15.2 Å². The molecule has 21 heavy (non-hydrogen) atoms. The zero-order valence-electron chi connectivity index (χ0n) is 11.7. The van der Waals surface area contributed by atoms with Crippen molar-refractivity contribution in [1.82, 2.24) is 0 Å². The summed E-state index contributed by atoms with van der Waals surface area (Å²) in [5.41, 5.74) is 0.798. The molecule has 1 amide bonds. The molecule has 0 saturated carbocycles. The van der Waals surface area contributed by atoms with Crippen LogP contribution >= 0.6 is 11.3 Å². The summed E-state index contributed by atoms with van der Waals surface area (Å²) in [5, 5.41) is 4.67. The number of benzene rings is 1. The van der Waals surface area contributed by atoms with Gasteiger partial charge in [0.05, 0.1) is 31.9 Å². The molecular formula is C15H15NO4S. The average Bonchev–Trinajstić information content (AvgIpc) is 2.99. The number of amides is 1. The van der Waals surface area contributed by atoms with Gasteiger partial charge in [-0.05, 0) is 29.6 Å². The zero-order chi connectivity index (χ0) is 15.2. The van der Waals surface area contributed by atoms with Crippen molar-refractivity contribution < 1.29 is 19.1 Å². The van der Waals surface area contributed by atoms with Crippen molar-refractivity contribution in [2.45, 2.75) is 6.42 Å². The number of esters is 1. The maximum atomic E-state index is 12.0. The van der Waals surface area contributed by atoms with Crippen LogP contribution in [0.2, 0.25) is 0 Å². The van der Waals surface area contributed by atoms with Crippen LogP contribution in [0.25, 0.3) is 0 Å². The van der Waals surface area contributed by atoms with E-state index in [0.717, 1.165) is 4.88 Å². The van der Waals surface area contributed by atoms with Gasteiger partial charge in [0.25, 0.3) is 0 Å². The third kappa shape index (κ3) is 3.82. The van der Waals surface area contributed by atoms with Gasteiger partial charge in [-0.1, -0.05) is 6.07 Å². The smallest absolute Gasteiger partial charge is 0.337 e. The van der Waals surface area contributed by atoms with E-state index in [1.54, 1.807) is 12.1 Å². The Hall–Kier alpha value is -2.34. The van der Waals surface area contributed by atoms with Crippen LogP contribution in [0.3, 0.4) is 0 Å². The topological polar surface area (TPSA) is 64.6 Å². The fourth-order valence-corrected chi connectivity index (χ4v) is 2.52. The van der Waals surface area contributed by atoms with Gasteiger partial charge >= 0.3 is 5.97 Å². The molecule has 2 aromatic rings. The molecule has 110 valence electrons. The van der Waals surface area contributed by atoms with E-state index in [9.17, 15) is 9.59 Å². The monoisotopic (exact) mass is 305 g/mol. The molecule has 0 aliphatic carbocycles. The summed E-state index contributed by atoms with van der Waals surface area (Å²) >= 11 is 1.52. The maximum Gasteiger partial charge on any atom is 0.337 e. The summed E-state index contributed by atoms with van der Waals surface area (Å²) in [5.74, 6) is -0.147. The predicted octanol–water partition coefficient (Wildman–Crippen LogP) is 2.72. The minimum absolute atomic E-state index is 0.169. The first-order chi connectivity index (χ1) is 10.1. The van der Waals surface area contributed by atoms with Gasteiger partial charge in [-0.3, -0.25) is 4.79 Å². The molecule has 6 heteroatoms. The molecule has 0 aliphatic rings. The minimum atomic E-state index is -0.466. The van der Waals surface area contributed by atoms with Crippen LogP contribution in [0.4, 0.5) is 5.69 Å². The highest BCUT2D eigenvalue weighted by molar-refractivity contribution is 7.10. The summed E-state index contributed by atoms with van der Waals surface area (Å²) < 4.78 is 9.85. The lowest BCUT2D eigenvalue weighted by atomic mass is 10.2. The normalized spacial score (nSPS) is 10.0. The first-order valence-electron chi connectivity index (χ1n) is 6.22.